The van der Waals surface area contributed by atoms with Crippen molar-refractivity contribution >= 4 is 0 Å². The van der Waals surface area contributed by atoms with Crippen LogP contribution in [0.15, 0.2) is 61.7 Å². The molecule has 0 saturated heterocycles. The molecule has 1 aliphatic rings. The van der Waals surface area contributed by atoms with Gasteiger partial charge in [-0.25, -0.2) is 0 Å². The van der Waals surface area contributed by atoms with E-state index in [1.54, 1.807) is 0 Å². The van der Waals surface area contributed by atoms with Gasteiger partial charge in [0, 0.05) is 13.2 Å². The summed E-state index contributed by atoms with van der Waals surface area (Å²) in [5, 5.41) is 0. The topological polar surface area (TPSA) is 92.3 Å². The van der Waals surface area contributed by atoms with E-state index in [0.29, 0.717) is 115 Å². The van der Waals surface area contributed by atoms with Crippen LogP contribution in [-0.2, 0) is 41.6 Å². The van der Waals surface area contributed by atoms with E-state index >= 15 is 0 Å². The third-order valence-corrected chi connectivity index (χ3v) is 9.63. The summed E-state index contributed by atoms with van der Waals surface area (Å²) in [5.74, 6) is 2.66. The number of allylic oxidation sites excluding steroid dienone is 2. The lowest BCUT2D eigenvalue weighted by atomic mass is 10.1. The second kappa shape index (κ2) is 35.8. The number of ether oxygens (including phenoxy) is 10. The SMILES string of the molecule is C=CCCCCCCCCCOCc1ccc2c(c1)OCCOCCOCCOc1cc(COCCCCCCCCCC=C)ccc1OCCOCCOCCO2. The smallest absolute Gasteiger partial charge is 0.161 e. The molecule has 0 radical (unpaired) electrons. The molecule has 10 heteroatoms. The van der Waals surface area contributed by atoms with Crippen molar-refractivity contribution < 1.29 is 47.4 Å². The van der Waals surface area contributed by atoms with E-state index in [2.05, 4.69) is 13.2 Å². The van der Waals surface area contributed by atoms with Gasteiger partial charge in [-0.05, 0) is 73.9 Å². The zero-order chi connectivity index (χ0) is 40.8. The van der Waals surface area contributed by atoms with Crippen LogP contribution < -0.4 is 18.9 Å². The molecule has 0 saturated carbocycles. The Balaban J connectivity index is 1.38. The fourth-order valence-corrected chi connectivity index (χ4v) is 6.37. The Morgan fingerprint density at radius 1 is 0.379 bits per heavy atom. The highest BCUT2D eigenvalue weighted by Gasteiger charge is 2.10. The van der Waals surface area contributed by atoms with Crippen molar-refractivity contribution in [2.75, 3.05) is 92.5 Å². The summed E-state index contributed by atoms with van der Waals surface area (Å²) in [7, 11) is 0. The molecule has 10 nitrogen and oxygen atoms in total. The molecule has 0 spiro atoms. The Bertz CT molecular complexity index is 1190. The van der Waals surface area contributed by atoms with Gasteiger partial charge in [0.25, 0.3) is 0 Å². The summed E-state index contributed by atoms with van der Waals surface area (Å²) in [4.78, 5) is 0. The summed E-state index contributed by atoms with van der Waals surface area (Å²) >= 11 is 0. The van der Waals surface area contributed by atoms with Crippen molar-refractivity contribution in [1.82, 2.24) is 0 Å². The molecule has 0 N–H and O–H groups in total. The van der Waals surface area contributed by atoms with Crippen molar-refractivity contribution in [2.45, 2.75) is 116 Å². The van der Waals surface area contributed by atoms with Gasteiger partial charge in [-0.15, -0.1) is 13.2 Å². The lowest BCUT2D eigenvalue weighted by Crippen LogP contribution is -2.15. The zero-order valence-corrected chi connectivity index (χ0v) is 35.7. The maximum atomic E-state index is 6.12. The normalized spacial score (nSPS) is 15.3. The van der Waals surface area contributed by atoms with Gasteiger partial charge in [-0.3, -0.25) is 0 Å². The maximum Gasteiger partial charge on any atom is 0.161 e. The first-order chi connectivity index (χ1) is 28.8. The average Bonchev–Trinajstić information content (AvgIpc) is 3.24. The minimum Gasteiger partial charge on any atom is -0.487 e. The summed E-state index contributed by atoms with van der Waals surface area (Å²) in [6, 6.07) is 11.9. The molecule has 1 aliphatic heterocycles. The van der Waals surface area contributed by atoms with E-state index in [4.69, 9.17) is 47.4 Å². The van der Waals surface area contributed by atoms with Crippen molar-refractivity contribution in [3.8, 4) is 23.0 Å². The molecule has 2 aromatic carbocycles. The molecule has 2 aromatic rings. The van der Waals surface area contributed by atoms with E-state index in [1.807, 2.05) is 48.6 Å². The molecule has 0 aliphatic carbocycles. The predicted octanol–water partition coefficient (Wildman–Crippen LogP) is 10.6. The van der Waals surface area contributed by atoms with Gasteiger partial charge >= 0.3 is 0 Å². The summed E-state index contributed by atoms with van der Waals surface area (Å²) < 4.78 is 59.5. The van der Waals surface area contributed by atoms with Crippen molar-refractivity contribution in [3.05, 3.63) is 72.8 Å². The average molecular weight is 813 g/mol. The van der Waals surface area contributed by atoms with E-state index in [0.717, 1.165) is 50.0 Å². The van der Waals surface area contributed by atoms with Crippen LogP contribution in [0, 0.1) is 0 Å². The number of rotatable bonds is 24. The summed E-state index contributed by atoms with van der Waals surface area (Å²) in [6.45, 7) is 15.2. The molecule has 328 valence electrons. The largest absolute Gasteiger partial charge is 0.487 e. The van der Waals surface area contributed by atoms with Gasteiger partial charge in [0.05, 0.1) is 66.1 Å². The molecule has 0 aromatic heterocycles. The van der Waals surface area contributed by atoms with Gasteiger partial charge in [-0.1, -0.05) is 88.5 Å². The van der Waals surface area contributed by atoms with E-state index in [1.165, 1.54) is 77.0 Å². The molecule has 0 fully saturated rings. The second-order valence-corrected chi connectivity index (χ2v) is 14.6. The van der Waals surface area contributed by atoms with E-state index in [9.17, 15) is 0 Å². The zero-order valence-electron chi connectivity index (χ0n) is 35.7. The van der Waals surface area contributed by atoms with Crippen LogP contribution in [-0.4, -0.2) is 92.5 Å². The highest BCUT2D eigenvalue weighted by Crippen LogP contribution is 2.30. The van der Waals surface area contributed by atoms with Crippen LogP contribution in [0.4, 0.5) is 0 Å². The van der Waals surface area contributed by atoms with Crippen LogP contribution in [0.1, 0.15) is 114 Å². The number of hydrogen-bond donors (Lipinski definition) is 0. The lowest BCUT2D eigenvalue weighted by Gasteiger charge is -2.16. The Labute approximate surface area is 350 Å². The van der Waals surface area contributed by atoms with E-state index in [-0.39, 0.29) is 0 Å². The first kappa shape index (κ1) is 49.2. The maximum absolute atomic E-state index is 6.12. The van der Waals surface area contributed by atoms with Crippen molar-refractivity contribution in [2.24, 2.45) is 0 Å². The van der Waals surface area contributed by atoms with Crippen LogP contribution in [0.5, 0.6) is 23.0 Å². The van der Waals surface area contributed by atoms with Crippen LogP contribution in [0.3, 0.4) is 0 Å². The minimum atomic E-state index is 0.380. The molecule has 3 rings (SSSR count). The third kappa shape index (κ3) is 25.4. The van der Waals surface area contributed by atoms with Gasteiger partial charge in [0.1, 0.15) is 26.4 Å². The van der Waals surface area contributed by atoms with Gasteiger partial charge in [0.15, 0.2) is 23.0 Å². The molecular weight excluding hydrogens is 737 g/mol. The van der Waals surface area contributed by atoms with E-state index < -0.39 is 0 Å². The van der Waals surface area contributed by atoms with Crippen molar-refractivity contribution in [3.63, 3.8) is 0 Å². The summed E-state index contributed by atoms with van der Waals surface area (Å²) in [6.07, 6.45) is 23.7. The molecular formula is C48H76O10. The monoisotopic (exact) mass is 813 g/mol. The molecule has 58 heavy (non-hydrogen) atoms. The Kier molecular flexibility index (Phi) is 30.4. The fraction of sp³-hybridized carbons (Fsp3) is 0.667. The molecule has 0 bridgehead atoms. The summed E-state index contributed by atoms with van der Waals surface area (Å²) in [5.41, 5.74) is 2.09. The molecule has 0 unspecified atom stereocenters. The second-order valence-electron chi connectivity index (χ2n) is 14.6. The van der Waals surface area contributed by atoms with Crippen LogP contribution in [0.25, 0.3) is 0 Å². The first-order valence-electron chi connectivity index (χ1n) is 22.3. The lowest BCUT2D eigenvalue weighted by molar-refractivity contribution is 0.0223. The fourth-order valence-electron chi connectivity index (χ4n) is 6.37. The van der Waals surface area contributed by atoms with Gasteiger partial charge < -0.3 is 47.4 Å². The Morgan fingerprint density at radius 2 is 0.690 bits per heavy atom. The molecule has 0 amide bonds. The Morgan fingerprint density at radius 3 is 1.05 bits per heavy atom. The Hall–Kier alpha value is -3.12. The number of unbranched alkanes of at least 4 members (excludes halogenated alkanes) is 14. The number of fused-ring (bicyclic) bond motifs is 2. The number of benzene rings is 2. The highest BCUT2D eigenvalue weighted by molar-refractivity contribution is 5.43. The highest BCUT2D eigenvalue weighted by atomic mass is 16.6. The molecule has 0 atom stereocenters. The van der Waals surface area contributed by atoms with Crippen LogP contribution >= 0.6 is 0 Å². The van der Waals surface area contributed by atoms with Gasteiger partial charge in [0.2, 0.25) is 0 Å². The quantitative estimate of drug-likeness (QED) is 0.0753. The first-order valence-corrected chi connectivity index (χ1v) is 22.3. The standard InChI is InChI=1S/C48H76O10/c1-3-5-7-9-11-13-15-17-19-25-53-41-43-21-23-45-47(39-43)57-37-33-51-29-30-52-34-38-58-48-40-44(42-54-26-20-18-16-14-12-10-8-6-4-2)22-24-46(48)56-36-32-50-28-27-49-31-35-55-45/h3-4,21-24,39-40H,1-2,5-20,25-38,41-42H2. The van der Waals surface area contributed by atoms with Crippen LogP contribution in [0.2, 0.25) is 0 Å². The number of hydrogen-bond acceptors (Lipinski definition) is 10. The van der Waals surface area contributed by atoms with Crippen molar-refractivity contribution in [1.29, 1.82) is 0 Å². The minimum absolute atomic E-state index is 0.380. The molecule has 1 heterocycles. The predicted molar refractivity (Wildman–Crippen MR) is 232 cm³/mol. The van der Waals surface area contributed by atoms with Gasteiger partial charge in [-0.2, -0.15) is 0 Å². The third-order valence-electron chi connectivity index (χ3n) is 9.63.